The average molecular weight is 400 g/mol. The Bertz CT molecular complexity index is 1020. The number of carbonyl (C=O) groups excluding carboxylic acids is 1. The van der Waals surface area contributed by atoms with Gasteiger partial charge in [-0.1, -0.05) is 40.9 Å². The normalized spacial score (nSPS) is 11.1. The van der Waals surface area contributed by atoms with Crippen molar-refractivity contribution in [1.29, 1.82) is 0 Å². The minimum Gasteiger partial charge on any atom is -0.316 e. The van der Waals surface area contributed by atoms with E-state index in [0.29, 0.717) is 15.6 Å². The Morgan fingerprint density at radius 1 is 1.04 bits per heavy atom. The van der Waals surface area contributed by atoms with Crippen molar-refractivity contribution >= 4 is 35.3 Å². The third-order valence-electron chi connectivity index (χ3n) is 4.30. The van der Waals surface area contributed by atoms with Crippen LogP contribution >= 0.6 is 23.2 Å². The van der Waals surface area contributed by atoms with Crippen molar-refractivity contribution in [3.8, 4) is 5.69 Å². The van der Waals surface area contributed by atoms with Crippen LogP contribution in [-0.2, 0) is 0 Å². The zero-order chi connectivity index (χ0) is 19.6. The van der Waals surface area contributed by atoms with Crippen molar-refractivity contribution in [2.24, 2.45) is 5.10 Å². The molecule has 0 spiro atoms. The molecule has 1 heterocycles. The van der Waals surface area contributed by atoms with E-state index < -0.39 is 0 Å². The molecule has 2 aromatic carbocycles. The number of aryl methyl sites for hydroxylation is 2. The number of amides is 1. The molecule has 6 heteroatoms. The summed E-state index contributed by atoms with van der Waals surface area (Å²) in [5.41, 5.74) is 7.85. The minimum absolute atomic E-state index is 0.252. The van der Waals surface area contributed by atoms with Gasteiger partial charge in [0.05, 0.1) is 16.9 Å². The molecule has 0 radical (unpaired) electrons. The largest absolute Gasteiger partial charge is 0.316 e. The van der Waals surface area contributed by atoms with Gasteiger partial charge in [0, 0.05) is 27.5 Å². The highest BCUT2D eigenvalue weighted by Gasteiger charge is 2.13. The molecule has 0 saturated carbocycles. The molecule has 0 aliphatic rings. The molecule has 27 heavy (non-hydrogen) atoms. The summed E-state index contributed by atoms with van der Waals surface area (Å²) in [6.07, 6.45) is 1.63. The van der Waals surface area contributed by atoms with Crippen molar-refractivity contribution in [3.63, 3.8) is 0 Å². The van der Waals surface area contributed by atoms with Gasteiger partial charge in [-0.15, -0.1) is 0 Å². The molecule has 4 nitrogen and oxygen atoms in total. The third-order valence-corrected chi connectivity index (χ3v) is 4.86. The van der Waals surface area contributed by atoms with Gasteiger partial charge < -0.3 is 4.57 Å². The predicted octanol–water partition coefficient (Wildman–Crippen LogP) is 5.47. The number of carbonyl (C=O) groups is 1. The summed E-state index contributed by atoms with van der Waals surface area (Å²) in [7, 11) is 0. The molecule has 0 saturated heterocycles. The molecule has 0 aliphatic carbocycles. The van der Waals surface area contributed by atoms with Crippen molar-refractivity contribution < 1.29 is 4.79 Å². The van der Waals surface area contributed by atoms with E-state index in [9.17, 15) is 4.79 Å². The van der Waals surface area contributed by atoms with Crippen molar-refractivity contribution in [2.75, 3.05) is 0 Å². The van der Waals surface area contributed by atoms with Gasteiger partial charge in [-0.2, -0.15) is 5.10 Å². The summed E-state index contributed by atoms with van der Waals surface area (Å²) in [6, 6.07) is 14.7. The lowest BCUT2D eigenvalue weighted by molar-refractivity contribution is 0.0955. The summed E-state index contributed by atoms with van der Waals surface area (Å²) >= 11 is 12.5. The maximum Gasteiger partial charge on any atom is 0.271 e. The number of nitrogens with one attached hydrogen (secondary N) is 1. The number of hydrogen-bond acceptors (Lipinski definition) is 2. The lowest BCUT2D eigenvalue weighted by Gasteiger charge is -2.12. The van der Waals surface area contributed by atoms with Crippen LogP contribution in [0.25, 0.3) is 5.69 Å². The Morgan fingerprint density at radius 3 is 2.44 bits per heavy atom. The topological polar surface area (TPSA) is 46.4 Å². The smallest absolute Gasteiger partial charge is 0.271 e. The van der Waals surface area contributed by atoms with Gasteiger partial charge in [-0.05, 0) is 57.2 Å². The van der Waals surface area contributed by atoms with Crippen molar-refractivity contribution in [1.82, 2.24) is 9.99 Å². The molecular weight excluding hydrogens is 381 g/mol. The maximum atomic E-state index is 12.1. The molecule has 1 N–H and O–H groups in total. The van der Waals surface area contributed by atoms with Crippen LogP contribution in [0.15, 0.2) is 53.6 Å². The lowest BCUT2D eigenvalue weighted by atomic mass is 10.1. The molecule has 1 amide bonds. The number of hydrogen-bond donors (Lipinski definition) is 1. The van der Waals surface area contributed by atoms with Crippen LogP contribution in [0.3, 0.4) is 0 Å². The van der Waals surface area contributed by atoms with Gasteiger partial charge in [0.2, 0.25) is 0 Å². The van der Waals surface area contributed by atoms with Gasteiger partial charge in [0.1, 0.15) is 0 Å². The van der Waals surface area contributed by atoms with E-state index in [4.69, 9.17) is 23.2 Å². The molecule has 0 unspecified atom stereocenters. The number of halogens is 2. The van der Waals surface area contributed by atoms with Crippen molar-refractivity contribution in [3.05, 3.63) is 86.7 Å². The second kappa shape index (κ2) is 7.99. The highest BCUT2D eigenvalue weighted by atomic mass is 35.5. The molecule has 138 valence electrons. The van der Waals surface area contributed by atoms with E-state index in [-0.39, 0.29) is 5.91 Å². The molecule has 1 aromatic heterocycles. The van der Waals surface area contributed by atoms with Crippen LogP contribution in [0.1, 0.15) is 32.9 Å². The Balaban J connectivity index is 1.82. The first-order chi connectivity index (χ1) is 12.9. The second-order valence-corrected chi connectivity index (χ2v) is 7.17. The predicted molar refractivity (Wildman–Crippen MR) is 112 cm³/mol. The van der Waals surface area contributed by atoms with Crippen LogP contribution in [-0.4, -0.2) is 16.7 Å². The molecule has 0 bridgehead atoms. The third kappa shape index (κ3) is 4.24. The van der Waals surface area contributed by atoms with Gasteiger partial charge in [0.15, 0.2) is 0 Å². The van der Waals surface area contributed by atoms with E-state index in [1.165, 1.54) is 0 Å². The van der Waals surface area contributed by atoms with Crippen LogP contribution < -0.4 is 5.43 Å². The number of hydrazone groups is 1. The number of aromatic nitrogens is 1. The van der Waals surface area contributed by atoms with Crippen LogP contribution in [0, 0.1) is 20.8 Å². The number of nitrogens with zero attached hydrogens (tertiary/aromatic N) is 2. The van der Waals surface area contributed by atoms with Crippen LogP contribution in [0.2, 0.25) is 10.0 Å². The summed E-state index contributed by atoms with van der Waals surface area (Å²) < 4.78 is 2.01. The molecule has 0 atom stereocenters. The Labute approximate surface area is 168 Å². The van der Waals surface area contributed by atoms with Crippen LogP contribution in [0.5, 0.6) is 0 Å². The monoisotopic (exact) mass is 399 g/mol. The average Bonchev–Trinajstić information content (AvgIpc) is 2.91. The molecular formula is C21H19Cl2N3O. The summed E-state index contributed by atoms with van der Waals surface area (Å²) in [5.74, 6) is -0.252. The summed E-state index contributed by atoms with van der Waals surface area (Å²) in [4.78, 5) is 12.1. The van der Waals surface area contributed by atoms with Gasteiger partial charge in [0.25, 0.3) is 5.91 Å². The van der Waals surface area contributed by atoms with Gasteiger partial charge >= 0.3 is 0 Å². The van der Waals surface area contributed by atoms with E-state index in [2.05, 4.69) is 10.5 Å². The number of benzene rings is 2. The zero-order valence-corrected chi connectivity index (χ0v) is 16.8. The van der Waals surface area contributed by atoms with E-state index in [1.807, 2.05) is 49.6 Å². The molecule has 0 aliphatic heterocycles. The fourth-order valence-corrected chi connectivity index (χ4v) is 3.24. The first-order valence-electron chi connectivity index (χ1n) is 8.41. The van der Waals surface area contributed by atoms with E-state index in [1.54, 1.807) is 30.5 Å². The van der Waals surface area contributed by atoms with Gasteiger partial charge in [-0.3, -0.25) is 4.79 Å². The Morgan fingerprint density at radius 2 is 1.74 bits per heavy atom. The SMILES string of the molecule is Cc1ccc(C(=O)N/N=C\c2cc(C)n(-c3cc(Cl)ccc3Cl)c2C)cc1. The highest BCUT2D eigenvalue weighted by Crippen LogP contribution is 2.28. The lowest BCUT2D eigenvalue weighted by Crippen LogP contribution is -2.17. The van der Waals surface area contributed by atoms with Crippen LogP contribution in [0.4, 0.5) is 0 Å². The fourth-order valence-electron chi connectivity index (χ4n) is 2.88. The first-order valence-corrected chi connectivity index (χ1v) is 9.17. The summed E-state index contributed by atoms with van der Waals surface area (Å²) in [5, 5.41) is 5.31. The summed E-state index contributed by atoms with van der Waals surface area (Å²) in [6.45, 7) is 5.92. The van der Waals surface area contributed by atoms with E-state index in [0.717, 1.165) is 28.2 Å². The fraction of sp³-hybridized carbons (Fsp3) is 0.143. The highest BCUT2D eigenvalue weighted by molar-refractivity contribution is 6.34. The molecule has 0 fully saturated rings. The second-order valence-electron chi connectivity index (χ2n) is 6.32. The Kier molecular flexibility index (Phi) is 5.68. The van der Waals surface area contributed by atoms with Gasteiger partial charge in [-0.25, -0.2) is 5.43 Å². The van der Waals surface area contributed by atoms with E-state index >= 15 is 0 Å². The minimum atomic E-state index is -0.252. The Hall–Kier alpha value is -2.56. The number of rotatable bonds is 4. The molecule has 3 aromatic rings. The quantitative estimate of drug-likeness (QED) is 0.458. The van der Waals surface area contributed by atoms with Crippen molar-refractivity contribution in [2.45, 2.75) is 20.8 Å². The maximum absolute atomic E-state index is 12.1. The standard InChI is InChI=1S/C21H19Cl2N3O/c1-13-4-6-16(7-5-13)21(27)25-24-12-17-10-14(2)26(15(17)3)20-11-18(22)8-9-19(20)23/h4-12H,1-3H3,(H,25,27)/b24-12-. The molecule has 3 rings (SSSR count). The first kappa shape index (κ1) is 19.2. The zero-order valence-electron chi connectivity index (χ0n) is 15.3.